The van der Waals surface area contributed by atoms with E-state index in [1.54, 1.807) is 14.0 Å². The van der Waals surface area contributed by atoms with Crippen LogP contribution in [0.15, 0.2) is 24.3 Å². The molecule has 0 bridgehead atoms. The molecule has 3 rings (SSSR count). The molecule has 1 heterocycles. The Bertz CT molecular complexity index is 750. The second-order valence-electron chi connectivity index (χ2n) is 5.58. The summed E-state index contributed by atoms with van der Waals surface area (Å²) in [5.74, 6) is 0.940. The molecular formula is C14H18N4O2S. The lowest BCUT2D eigenvalue weighted by Crippen LogP contribution is -2.17. The smallest absolute Gasteiger partial charge is 0.168 e. The summed E-state index contributed by atoms with van der Waals surface area (Å²) < 4.78 is 26.7. The van der Waals surface area contributed by atoms with Gasteiger partial charge in [0.05, 0.1) is 5.75 Å². The molecule has 2 aromatic rings. The zero-order valence-electron chi connectivity index (χ0n) is 12.1. The number of benzene rings is 1. The molecular weight excluding hydrogens is 288 g/mol. The molecule has 1 aliphatic rings. The van der Waals surface area contributed by atoms with Crippen LogP contribution in [0, 0.1) is 0 Å². The summed E-state index contributed by atoms with van der Waals surface area (Å²) >= 11 is 0. The van der Waals surface area contributed by atoms with Crippen LogP contribution < -0.4 is 0 Å². The first-order valence-electron chi connectivity index (χ1n) is 7.00. The van der Waals surface area contributed by atoms with E-state index in [1.807, 2.05) is 24.3 Å². The summed E-state index contributed by atoms with van der Waals surface area (Å²) in [5, 5.41) is 10.3. The lowest BCUT2D eigenvalue weighted by atomic mass is 10.1. The third-order valence-electron chi connectivity index (χ3n) is 3.98. The van der Waals surface area contributed by atoms with Crippen LogP contribution >= 0.6 is 0 Å². The molecule has 1 aromatic heterocycles. The van der Waals surface area contributed by atoms with Gasteiger partial charge in [0, 0.05) is 7.05 Å². The summed E-state index contributed by atoms with van der Waals surface area (Å²) in [6, 6.07) is 7.81. The van der Waals surface area contributed by atoms with Crippen molar-refractivity contribution in [1.29, 1.82) is 0 Å². The molecule has 0 aliphatic heterocycles. The molecule has 1 aromatic carbocycles. The number of tetrazole rings is 1. The molecule has 7 heteroatoms. The Hall–Kier alpha value is -1.76. The Morgan fingerprint density at radius 2 is 2.05 bits per heavy atom. The van der Waals surface area contributed by atoms with E-state index in [9.17, 15) is 8.42 Å². The molecule has 0 amide bonds. The average molecular weight is 306 g/mol. The standard InChI is InChI=1S/C14H18N4O2S/c1-10(14-15-16-17-18(14)2)21(19,20)9-12-5-3-4-6-13(12)11-7-8-11/h3-6,10-11H,7-9H2,1-2H3/t10-/m0/s1. The van der Waals surface area contributed by atoms with Gasteiger partial charge in [0.15, 0.2) is 15.7 Å². The van der Waals surface area contributed by atoms with E-state index in [-0.39, 0.29) is 5.75 Å². The zero-order valence-corrected chi connectivity index (χ0v) is 12.9. The average Bonchev–Trinajstić information content (AvgIpc) is 3.20. The van der Waals surface area contributed by atoms with Crippen LogP contribution in [0.4, 0.5) is 0 Å². The molecule has 1 saturated carbocycles. The Labute approximate surface area is 124 Å². The first-order valence-corrected chi connectivity index (χ1v) is 8.72. The van der Waals surface area contributed by atoms with Crippen molar-refractivity contribution in [3.05, 3.63) is 41.2 Å². The van der Waals surface area contributed by atoms with Gasteiger partial charge in [0.1, 0.15) is 5.25 Å². The van der Waals surface area contributed by atoms with Gasteiger partial charge in [0.2, 0.25) is 0 Å². The molecule has 0 unspecified atom stereocenters. The van der Waals surface area contributed by atoms with Crippen LogP contribution in [0.2, 0.25) is 0 Å². The number of hydrogen-bond donors (Lipinski definition) is 0. The van der Waals surface area contributed by atoms with E-state index >= 15 is 0 Å². The highest BCUT2D eigenvalue weighted by Crippen LogP contribution is 2.42. The Kier molecular flexibility index (Phi) is 3.52. The maximum absolute atomic E-state index is 12.6. The number of aryl methyl sites for hydroxylation is 1. The Morgan fingerprint density at radius 1 is 1.33 bits per heavy atom. The van der Waals surface area contributed by atoms with Crippen molar-refractivity contribution in [2.75, 3.05) is 0 Å². The minimum Gasteiger partial charge on any atom is -0.231 e. The second-order valence-corrected chi connectivity index (χ2v) is 7.90. The number of rotatable bonds is 5. The highest BCUT2D eigenvalue weighted by atomic mass is 32.2. The first kappa shape index (κ1) is 14.2. The molecule has 0 spiro atoms. The van der Waals surface area contributed by atoms with Gasteiger partial charge in [-0.2, -0.15) is 0 Å². The number of hydrogen-bond acceptors (Lipinski definition) is 5. The minimum atomic E-state index is -3.35. The molecule has 0 radical (unpaired) electrons. The SMILES string of the molecule is C[C@@H](c1nnnn1C)S(=O)(=O)Cc1ccccc1C1CC1. The van der Waals surface area contributed by atoms with Crippen LogP contribution in [-0.2, 0) is 22.6 Å². The number of aromatic nitrogens is 4. The summed E-state index contributed by atoms with van der Waals surface area (Å²) in [5.41, 5.74) is 2.08. The highest BCUT2D eigenvalue weighted by molar-refractivity contribution is 7.90. The van der Waals surface area contributed by atoms with Gasteiger partial charge in [0.25, 0.3) is 0 Å². The van der Waals surface area contributed by atoms with Crippen molar-refractivity contribution >= 4 is 9.84 Å². The fraction of sp³-hybridized carbons (Fsp3) is 0.500. The molecule has 6 nitrogen and oxygen atoms in total. The quantitative estimate of drug-likeness (QED) is 0.841. The molecule has 112 valence electrons. The molecule has 21 heavy (non-hydrogen) atoms. The molecule has 1 fully saturated rings. The van der Waals surface area contributed by atoms with Crippen molar-refractivity contribution in [2.24, 2.45) is 7.05 Å². The fourth-order valence-corrected chi connectivity index (χ4v) is 4.01. The summed E-state index contributed by atoms with van der Waals surface area (Å²) in [7, 11) is -1.70. The van der Waals surface area contributed by atoms with E-state index in [0.717, 1.165) is 18.4 Å². The lowest BCUT2D eigenvalue weighted by molar-refractivity contribution is 0.575. The third-order valence-corrected chi connectivity index (χ3v) is 5.99. The van der Waals surface area contributed by atoms with Crippen LogP contribution in [0.25, 0.3) is 0 Å². The fourth-order valence-electron chi connectivity index (χ4n) is 2.54. The minimum absolute atomic E-state index is 0.0354. The van der Waals surface area contributed by atoms with Gasteiger partial charge in [-0.25, -0.2) is 13.1 Å². The molecule has 0 N–H and O–H groups in total. The van der Waals surface area contributed by atoms with Crippen LogP contribution in [-0.4, -0.2) is 28.6 Å². The largest absolute Gasteiger partial charge is 0.231 e. The van der Waals surface area contributed by atoms with Crippen molar-refractivity contribution in [3.8, 4) is 0 Å². The lowest BCUT2D eigenvalue weighted by Gasteiger charge is -2.13. The van der Waals surface area contributed by atoms with Crippen LogP contribution in [0.1, 0.15) is 47.9 Å². The van der Waals surface area contributed by atoms with Crippen molar-refractivity contribution in [2.45, 2.75) is 36.7 Å². The predicted octanol–water partition coefficient (Wildman–Crippen LogP) is 1.76. The number of sulfone groups is 1. The monoisotopic (exact) mass is 306 g/mol. The highest BCUT2D eigenvalue weighted by Gasteiger charge is 2.31. The third kappa shape index (κ3) is 2.83. The van der Waals surface area contributed by atoms with Gasteiger partial charge in [-0.1, -0.05) is 24.3 Å². The van der Waals surface area contributed by atoms with Crippen molar-refractivity contribution in [3.63, 3.8) is 0 Å². The van der Waals surface area contributed by atoms with E-state index in [0.29, 0.717) is 11.7 Å². The zero-order chi connectivity index (χ0) is 15.0. The molecule has 0 saturated heterocycles. The Balaban J connectivity index is 1.88. The predicted molar refractivity (Wildman–Crippen MR) is 78.3 cm³/mol. The topological polar surface area (TPSA) is 77.7 Å². The first-order chi connectivity index (χ1) is 9.99. The van der Waals surface area contributed by atoms with Gasteiger partial charge in [-0.05, 0) is 47.2 Å². The second kappa shape index (κ2) is 5.22. The van der Waals surface area contributed by atoms with E-state index in [2.05, 4.69) is 15.5 Å². The maximum atomic E-state index is 12.6. The van der Waals surface area contributed by atoms with Gasteiger partial charge in [-0.15, -0.1) is 5.10 Å². The van der Waals surface area contributed by atoms with Gasteiger partial charge >= 0.3 is 0 Å². The molecule has 1 atom stereocenters. The van der Waals surface area contributed by atoms with Crippen molar-refractivity contribution in [1.82, 2.24) is 20.2 Å². The summed E-state index contributed by atoms with van der Waals surface area (Å²) in [4.78, 5) is 0. The van der Waals surface area contributed by atoms with E-state index < -0.39 is 15.1 Å². The van der Waals surface area contributed by atoms with E-state index in [1.165, 1.54) is 10.2 Å². The van der Waals surface area contributed by atoms with Gasteiger partial charge in [-0.3, -0.25) is 0 Å². The maximum Gasteiger partial charge on any atom is 0.168 e. The molecule has 1 aliphatic carbocycles. The number of nitrogens with zero attached hydrogens (tertiary/aromatic N) is 4. The summed E-state index contributed by atoms with van der Waals surface area (Å²) in [6.45, 7) is 1.64. The normalized spacial score (nSPS) is 16.9. The van der Waals surface area contributed by atoms with Gasteiger partial charge < -0.3 is 0 Å². The van der Waals surface area contributed by atoms with Crippen LogP contribution in [0.3, 0.4) is 0 Å². The van der Waals surface area contributed by atoms with E-state index in [4.69, 9.17) is 0 Å². The van der Waals surface area contributed by atoms with Crippen molar-refractivity contribution < 1.29 is 8.42 Å². The summed E-state index contributed by atoms with van der Waals surface area (Å²) in [6.07, 6.45) is 2.31. The Morgan fingerprint density at radius 3 is 2.67 bits per heavy atom. The van der Waals surface area contributed by atoms with Crippen LogP contribution in [0.5, 0.6) is 0 Å².